The van der Waals surface area contributed by atoms with Crippen molar-refractivity contribution in [2.45, 2.75) is 111 Å². The first-order valence-corrected chi connectivity index (χ1v) is 16.6. The van der Waals surface area contributed by atoms with Crippen molar-refractivity contribution in [3.05, 3.63) is 24.2 Å². The van der Waals surface area contributed by atoms with Crippen molar-refractivity contribution in [3.8, 4) is 0 Å². The smallest absolute Gasteiger partial charge is 0.310 e. The molecule has 0 radical (unpaired) electrons. The Bertz CT molecular complexity index is 1420. The van der Waals surface area contributed by atoms with E-state index in [0.29, 0.717) is 24.8 Å². The summed E-state index contributed by atoms with van der Waals surface area (Å²) in [5.41, 5.74) is -3.79. The normalized spacial score (nSPS) is 44.1. The Balaban J connectivity index is 1.61. The van der Waals surface area contributed by atoms with Crippen molar-refractivity contribution in [3.63, 3.8) is 0 Å². The zero-order valence-electron chi connectivity index (χ0n) is 28.3. The summed E-state index contributed by atoms with van der Waals surface area (Å²) >= 11 is 0. The molecule has 1 N–H and O–H groups in total. The van der Waals surface area contributed by atoms with E-state index in [4.69, 9.17) is 28.1 Å². The van der Waals surface area contributed by atoms with E-state index in [1.807, 2.05) is 34.6 Å². The van der Waals surface area contributed by atoms with E-state index in [1.54, 1.807) is 33.1 Å². The van der Waals surface area contributed by atoms with Crippen LogP contribution in [0.3, 0.4) is 0 Å². The average molecular weight is 645 g/mol. The predicted octanol–water partition coefficient (Wildman–Crippen LogP) is 4.75. The number of hydrogen-bond donors (Lipinski definition) is 1. The molecule has 254 valence electrons. The van der Waals surface area contributed by atoms with Crippen LogP contribution in [0.4, 0.5) is 0 Å². The van der Waals surface area contributed by atoms with Gasteiger partial charge in [-0.3, -0.25) is 19.2 Å². The van der Waals surface area contributed by atoms with E-state index >= 15 is 0 Å². The third-order valence-corrected chi connectivity index (χ3v) is 12.8. The Morgan fingerprint density at radius 3 is 2.30 bits per heavy atom. The zero-order valence-corrected chi connectivity index (χ0v) is 28.3. The first-order valence-electron chi connectivity index (χ1n) is 16.6. The van der Waals surface area contributed by atoms with Crippen molar-refractivity contribution in [2.24, 2.45) is 51.8 Å². The maximum absolute atomic E-state index is 13.9. The number of carbonyl (C=O) groups is 4. The summed E-state index contributed by atoms with van der Waals surface area (Å²) in [5.74, 6) is -8.22. The highest BCUT2D eigenvalue weighted by Gasteiger charge is 2.92. The van der Waals surface area contributed by atoms with Gasteiger partial charge in [0.2, 0.25) is 0 Å². The van der Waals surface area contributed by atoms with Crippen LogP contribution >= 0.6 is 0 Å². The summed E-state index contributed by atoms with van der Waals surface area (Å²) in [5, 5.41) is 13.1. The van der Waals surface area contributed by atoms with Crippen LogP contribution in [-0.4, -0.2) is 59.7 Å². The summed E-state index contributed by atoms with van der Waals surface area (Å²) in [6, 6.07) is 1.77. The van der Waals surface area contributed by atoms with Crippen LogP contribution < -0.4 is 0 Å². The monoisotopic (exact) mass is 644 g/mol. The molecule has 0 unspecified atom stereocenters. The molecular weight excluding hydrogens is 596 g/mol. The number of ether oxygens (including phenoxy) is 5. The van der Waals surface area contributed by atoms with E-state index in [9.17, 15) is 24.3 Å². The molecule has 4 heterocycles. The lowest BCUT2D eigenvalue weighted by Gasteiger charge is -2.67. The molecule has 46 heavy (non-hydrogen) atoms. The molecule has 6 rings (SSSR count). The highest BCUT2D eigenvalue weighted by molar-refractivity contribution is 5.77. The molecule has 1 aromatic rings. The number of methoxy groups -OCH3 is 1. The fourth-order valence-corrected chi connectivity index (χ4v) is 10.5. The molecule has 2 saturated carbocycles. The summed E-state index contributed by atoms with van der Waals surface area (Å²) in [6.45, 7) is 14.6. The number of fused-ring (bicyclic) bond motifs is 2. The van der Waals surface area contributed by atoms with Gasteiger partial charge in [-0.15, -0.1) is 0 Å². The standard InChI is InChI=1S/C35H48O11/c1-10-18(4)29(38)45-27-23-26(44-28(37)17(2)3)31(5,6)24(30(39)41-9)33(8)20-11-13-32(7)21(34(20,27)46-35(23,33)40)15-22(36)43-25(32)19-12-14-42-16-19/h12,14,16-18,20-21,23-27,40H,10-11,13,15H2,1-9H3/t18-,20+,21+,23+,24-,25-,26+,27+,32+,33+,34+,35-/m0/s1. The molecule has 5 aliphatic rings. The molecule has 1 aromatic heterocycles. The van der Waals surface area contributed by atoms with Crippen molar-refractivity contribution < 1.29 is 52.4 Å². The second-order valence-electron chi connectivity index (χ2n) is 15.7. The van der Waals surface area contributed by atoms with Crippen LogP contribution in [0.5, 0.6) is 0 Å². The van der Waals surface area contributed by atoms with Crippen molar-refractivity contribution in [1.29, 1.82) is 0 Å². The fourth-order valence-electron chi connectivity index (χ4n) is 10.5. The Morgan fingerprint density at radius 2 is 1.72 bits per heavy atom. The lowest BCUT2D eigenvalue weighted by atomic mass is 9.36. The van der Waals surface area contributed by atoms with Gasteiger partial charge in [-0.1, -0.05) is 55.4 Å². The molecule has 0 aromatic carbocycles. The average Bonchev–Trinajstić information content (AvgIpc) is 3.66. The molecule has 11 nitrogen and oxygen atoms in total. The predicted molar refractivity (Wildman–Crippen MR) is 160 cm³/mol. The van der Waals surface area contributed by atoms with Crippen LogP contribution in [0.15, 0.2) is 23.0 Å². The van der Waals surface area contributed by atoms with Gasteiger partial charge in [0.25, 0.3) is 0 Å². The van der Waals surface area contributed by atoms with E-state index in [2.05, 4.69) is 0 Å². The lowest BCUT2D eigenvalue weighted by molar-refractivity contribution is -0.323. The quantitative estimate of drug-likeness (QED) is 0.324. The van der Waals surface area contributed by atoms with E-state index in [0.717, 1.165) is 0 Å². The van der Waals surface area contributed by atoms with Gasteiger partial charge in [0.1, 0.15) is 23.9 Å². The number of rotatable bonds is 7. The molecule has 2 bridgehead atoms. The summed E-state index contributed by atoms with van der Waals surface area (Å²) < 4.78 is 36.6. The number of aliphatic hydroxyl groups is 1. The van der Waals surface area contributed by atoms with Gasteiger partial charge in [0.15, 0.2) is 5.79 Å². The molecule has 0 amide bonds. The maximum atomic E-state index is 13.9. The van der Waals surface area contributed by atoms with Crippen molar-refractivity contribution in [1.82, 2.24) is 0 Å². The van der Waals surface area contributed by atoms with Gasteiger partial charge in [0, 0.05) is 33.6 Å². The molecule has 3 aliphatic heterocycles. The molecule has 12 atom stereocenters. The van der Waals surface area contributed by atoms with Crippen LogP contribution in [0.25, 0.3) is 0 Å². The molecule has 2 aliphatic carbocycles. The maximum Gasteiger partial charge on any atom is 0.310 e. The molecule has 3 saturated heterocycles. The van der Waals surface area contributed by atoms with E-state index in [-0.39, 0.29) is 6.42 Å². The third kappa shape index (κ3) is 3.96. The van der Waals surface area contributed by atoms with Crippen LogP contribution in [-0.2, 0) is 42.9 Å². The number of esters is 4. The van der Waals surface area contributed by atoms with Gasteiger partial charge >= 0.3 is 23.9 Å². The Hall–Kier alpha value is -2.92. The molecular formula is C35H48O11. The lowest BCUT2D eigenvalue weighted by Crippen LogP contribution is -2.78. The van der Waals surface area contributed by atoms with Gasteiger partial charge in [0.05, 0.1) is 49.7 Å². The molecule has 11 heteroatoms. The zero-order chi connectivity index (χ0) is 33.8. The fraction of sp³-hybridized carbons (Fsp3) is 0.771. The summed E-state index contributed by atoms with van der Waals surface area (Å²) in [6.07, 6.45) is 1.71. The second-order valence-corrected chi connectivity index (χ2v) is 15.7. The molecule has 1 spiro atoms. The first-order chi connectivity index (χ1) is 21.5. The van der Waals surface area contributed by atoms with E-state index in [1.165, 1.54) is 13.4 Å². The van der Waals surface area contributed by atoms with Crippen molar-refractivity contribution >= 4 is 23.9 Å². The Kier molecular flexibility index (Phi) is 7.56. The highest BCUT2D eigenvalue weighted by atomic mass is 16.7. The van der Waals surface area contributed by atoms with E-state index < -0.39 is 105 Å². The Morgan fingerprint density at radius 1 is 1.04 bits per heavy atom. The van der Waals surface area contributed by atoms with Crippen LogP contribution in [0, 0.1) is 51.8 Å². The minimum Gasteiger partial charge on any atom is -0.472 e. The van der Waals surface area contributed by atoms with Gasteiger partial charge in [-0.05, 0) is 25.3 Å². The largest absolute Gasteiger partial charge is 0.472 e. The van der Waals surface area contributed by atoms with Crippen LogP contribution in [0.2, 0.25) is 0 Å². The summed E-state index contributed by atoms with van der Waals surface area (Å²) in [4.78, 5) is 54.5. The minimum absolute atomic E-state index is 0.0552. The van der Waals surface area contributed by atoms with Crippen molar-refractivity contribution in [2.75, 3.05) is 7.11 Å². The van der Waals surface area contributed by atoms with Crippen LogP contribution in [0.1, 0.15) is 92.7 Å². The first kappa shape index (κ1) is 33.0. The van der Waals surface area contributed by atoms with Gasteiger partial charge < -0.3 is 33.2 Å². The number of hydrogen-bond acceptors (Lipinski definition) is 11. The SMILES string of the molecule is CC[C@H](C)C(=O)O[C@@H]1[C@H]2[C@@H](OC(=O)C(C)C)C(C)(C)[C@H](C(=O)OC)[C@@]3(C)[C@H]4CC[C@]5(C)[C@@H](CC(=O)O[C@H]5c5ccoc5)[C@@]14O[C@@]23O. The third-order valence-electron chi connectivity index (χ3n) is 12.8. The highest BCUT2D eigenvalue weighted by Crippen LogP contribution is 2.81. The Labute approximate surface area is 270 Å². The second kappa shape index (κ2) is 10.5. The molecule has 5 fully saturated rings. The minimum atomic E-state index is -2.08. The number of furan rings is 1. The topological polar surface area (TPSA) is 148 Å². The van der Waals surface area contributed by atoms with Gasteiger partial charge in [-0.2, -0.15) is 0 Å². The van der Waals surface area contributed by atoms with Gasteiger partial charge in [-0.25, -0.2) is 0 Å². The number of carbonyl (C=O) groups excluding carboxylic acids is 4. The summed E-state index contributed by atoms with van der Waals surface area (Å²) in [7, 11) is 1.30. The number of cyclic esters (lactones) is 1.